The van der Waals surface area contributed by atoms with Crippen molar-refractivity contribution >= 4 is 5.96 Å². The Bertz CT molecular complexity index is 255. The molecule has 0 aromatic carbocycles. The van der Waals surface area contributed by atoms with Gasteiger partial charge in [0.25, 0.3) is 0 Å². The number of guanidine groups is 1. The van der Waals surface area contributed by atoms with Crippen LogP contribution in [0.2, 0.25) is 0 Å². The maximum Gasteiger partial charge on any atom is 0.191 e. The van der Waals surface area contributed by atoms with Crippen molar-refractivity contribution in [2.75, 3.05) is 40.4 Å². The summed E-state index contributed by atoms with van der Waals surface area (Å²) in [4.78, 5) is 6.73. The lowest BCUT2D eigenvalue weighted by molar-refractivity contribution is 0.141. The van der Waals surface area contributed by atoms with Gasteiger partial charge in [-0.05, 0) is 33.2 Å². The zero-order valence-corrected chi connectivity index (χ0v) is 12.2. The third-order valence-electron chi connectivity index (χ3n) is 3.24. The summed E-state index contributed by atoms with van der Waals surface area (Å²) in [7, 11) is 3.58. The smallest absolute Gasteiger partial charge is 0.191 e. The van der Waals surface area contributed by atoms with Gasteiger partial charge in [0.05, 0.1) is 6.61 Å². The number of hydrogen-bond acceptors (Lipinski definition) is 3. The molecule has 0 saturated carbocycles. The second-order valence-corrected chi connectivity index (χ2v) is 5.08. The molecule has 106 valence electrons. The van der Waals surface area contributed by atoms with Gasteiger partial charge < -0.3 is 15.4 Å². The molecule has 1 saturated heterocycles. The minimum Gasteiger partial charge on any atom is -0.383 e. The minimum absolute atomic E-state index is 0.407. The summed E-state index contributed by atoms with van der Waals surface area (Å²) in [6.07, 6.45) is 2.54. The molecule has 5 nitrogen and oxygen atoms in total. The van der Waals surface area contributed by atoms with Gasteiger partial charge in [-0.15, -0.1) is 0 Å². The maximum absolute atomic E-state index is 5.15. The molecule has 18 heavy (non-hydrogen) atoms. The first-order chi connectivity index (χ1) is 8.67. The minimum atomic E-state index is 0.407. The van der Waals surface area contributed by atoms with E-state index >= 15 is 0 Å². The standard InChI is InChI=1S/C13H28N4O/c1-11(2)16-13(14-3)15-10-12-6-5-7-17(12)8-9-18-4/h11-12H,5-10H2,1-4H3,(H2,14,15,16). The van der Waals surface area contributed by atoms with Crippen molar-refractivity contribution in [3.05, 3.63) is 0 Å². The van der Waals surface area contributed by atoms with Crippen molar-refractivity contribution in [1.29, 1.82) is 0 Å². The molecule has 0 radical (unpaired) electrons. The number of aliphatic imine (C=N–C) groups is 1. The maximum atomic E-state index is 5.15. The van der Waals surface area contributed by atoms with E-state index < -0.39 is 0 Å². The first-order valence-corrected chi connectivity index (χ1v) is 6.87. The van der Waals surface area contributed by atoms with Crippen LogP contribution in [0.1, 0.15) is 26.7 Å². The zero-order valence-electron chi connectivity index (χ0n) is 12.2. The quantitative estimate of drug-likeness (QED) is 0.542. The summed E-state index contributed by atoms with van der Waals surface area (Å²) in [5.41, 5.74) is 0. The number of hydrogen-bond donors (Lipinski definition) is 2. The van der Waals surface area contributed by atoms with Crippen LogP contribution in [0.15, 0.2) is 4.99 Å². The lowest BCUT2D eigenvalue weighted by Gasteiger charge is -2.25. The monoisotopic (exact) mass is 256 g/mol. The van der Waals surface area contributed by atoms with Crippen LogP contribution in [0.4, 0.5) is 0 Å². The van der Waals surface area contributed by atoms with Gasteiger partial charge in [-0.25, -0.2) is 0 Å². The van der Waals surface area contributed by atoms with Crippen molar-refractivity contribution in [3.8, 4) is 0 Å². The Morgan fingerprint density at radius 3 is 2.89 bits per heavy atom. The summed E-state index contributed by atoms with van der Waals surface area (Å²) in [6.45, 7) is 8.22. The molecule has 0 aliphatic carbocycles. The summed E-state index contributed by atoms with van der Waals surface area (Å²) >= 11 is 0. The van der Waals surface area contributed by atoms with Gasteiger partial charge in [-0.2, -0.15) is 0 Å². The van der Waals surface area contributed by atoms with Gasteiger partial charge in [0, 0.05) is 39.3 Å². The van der Waals surface area contributed by atoms with E-state index in [4.69, 9.17) is 4.74 Å². The highest BCUT2D eigenvalue weighted by Gasteiger charge is 2.23. The first kappa shape index (κ1) is 15.2. The fourth-order valence-electron chi connectivity index (χ4n) is 2.31. The third-order valence-corrected chi connectivity index (χ3v) is 3.24. The predicted octanol–water partition coefficient (Wildman–Crippen LogP) is 0.671. The van der Waals surface area contributed by atoms with Gasteiger partial charge in [0.2, 0.25) is 0 Å². The predicted molar refractivity (Wildman–Crippen MR) is 76.1 cm³/mol. The van der Waals surface area contributed by atoms with E-state index in [0.29, 0.717) is 12.1 Å². The van der Waals surface area contributed by atoms with Crippen molar-refractivity contribution in [1.82, 2.24) is 15.5 Å². The lowest BCUT2D eigenvalue weighted by atomic mass is 10.2. The van der Waals surface area contributed by atoms with Crippen LogP contribution >= 0.6 is 0 Å². The Morgan fingerprint density at radius 1 is 1.50 bits per heavy atom. The Balaban J connectivity index is 2.32. The molecule has 0 spiro atoms. The molecule has 1 unspecified atom stereocenters. The molecule has 0 aromatic heterocycles. The topological polar surface area (TPSA) is 48.9 Å². The zero-order chi connectivity index (χ0) is 13.4. The average Bonchev–Trinajstić information content (AvgIpc) is 2.78. The molecule has 0 aromatic rings. The largest absolute Gasteiger partial charge is 0.383 e. The van der Waals surface area contributed by atoms with Crippen LogP contribution in [0.3, 0.4) is 0 Å². The normalized spacial score (nSPS) is 21.6. The summed E-state index contributed by atoms with van der Waals surface area (Å²) < 4.78 is 5.15. The average molecular weight is 256 g/mol. The van der Waals surface area contributed by atoms with E-state index in [1.54, 1.807) is 7.11 Å². The molecule has 1 aliphatic rings. The first-order valence-electron chi connectivity index (χ1n) is 6.87. The van der Waals surface area contributed by atoms with Crippen LogP contribution in [0, 0.1) is 0 Å². The Labute approximate surface area is 111 Å². The third kappa shape index (κ3) is 5.23. The highest BCUT2D eigenvalue weighted by Crippen LogP contribution is 2.15. The van der Waals surface area contributed by atoms with E-state index in [-0.39, 0.29) is 0 Å². The van der Waals surface area contributed by atoms with Crippen LogP contribution in [0.5, 0.6) is 0 Å². The van der Waals surface area contributed by atoms with Crippen LogP contribution in [-0.2, 0) is 4.74 Å². The van der Waals surface area contributed by atoms with E-state index in [1.807, 2.05) is 7.05 Å². The highest BCUT2D eigenvalue weighted by molar-refractivity contribution is 5.79. The second-order valence-electron chi connectivity index (χ2n) is 5.08. The molecule has 0 amide bonds. The number of ether oxygens (including phenoxy) is 1. The van der Waals surface area contributed by atoms with E-state index in [1.165, 1.54) is 19.4 Å². The number of likely N-dealkylation sites (tertiary alicyclic amines) is 1. The van der Waals surface area contributed by atoms with E-state index in [2.05, 4.69) is 34.4 Å². The molecule has 2 N–H and O–H groups in total. The number of rotatable bonds is 6. The van der Waals surface area contributed by atoms with Crippen molar-refractivity contribution in [2.45, 2.75) is 38.8 Å². The Morgan fingerprint density at radius 2 is 2.28 bits per heavy atom. The SMILES string of the molecule is CN=C(NCC1CCCN1CCOC)NC(C)C. The van der Waals surface area contributed by atoms with Gasteiger partial charge in [0.1, 0.15) is 0 Å². The van der Waals surface area contributed by atoms with Crippen LogP contribution in [-0.4, -0.2) is 63.3 Å². The summed E-state index contributed by atoms with van der Waals surface area (Å²) in [5, 5.41) is 6.71. The van der Waals surface area contributed by atoms with Gasteiger partial charge in [-0.3, -0.25) is 9.89 Å². The van der Waals surface area contributed by atoms with Crippen LogP contribution in [0.25, 0.3) is 0 Å². The second kappa shape index (κ2) is 8.32. The van der Waals surface area contributed by atoms with Gasteiger partial charge >= 0.3 is 0 Å². The lowest BCUT2D eigenvalue weighted by Crippen LogP contribution is -2.47. The van der Waals surface area contributed by atoms with Crippen molar-refractivity contribution in [3.63, 3.8) is 0 Å². The fraction of sp³-hybridized carbons (Fsp3) is 0.923. The number of nitrogens with zero attached hydrogens (tertiary/aromatic N) is 2. The molecule has 1 atom stereocenters. The van der Waals surface area contributed by atoms with E-state index in [0.717, 1.165) is 25.7 Å². The summed E-state index contributed by atoms with van der Waals surface area (Å²) in [6, 6.07) is 1.01. The Kier molecular flexibility index (Phi) is 7.05. The molecule has 0 bridgehead atoms. The number of nitrogens with one attached hydrogen (secondary N) is 2. The van der Waals surface area contributed by atoms with Crippen molar-refractivity contribution < 1.29 is 4.74 Å². The highest BCUT2D eigenvalue weighted by atomic mass is 16.5. The van der Waals surface area contributed by atoms with Gasteiger partial charge in [0.15, 0.2) is 5.96 Å². The molecular formula is C13H28N4O. The Hall–Kier alpha value is -0.810. The molecular weight excluding hydrogens is 228 g/mol. The van der Waals surface area contributed by atoms with Gasteiger partial charge in [-0.1, -0.05) is 0 Å². The molecule has 1 heterocycles. The summed E-state index contributed by atoms with van der Waals surface area (Å²) in [5.74, 6) is 0.892. The van der Waals surface area contributed by atoms with Crippen LogP contribution < -0.4 is 10.6 Å². The molecule has 1 rings (SSSR count). The van der Waals surface area contributed by atoms with Crippen molar-refractivity contribution in [2.24, 2.45) is 4.99 Å². The molecule has 5 heteroatoms. The fourth-order valence-corrected chi connectivity index (χ4v) is 2.31. The molecule has 1 fully saturated rings. The number of methoxy groups -OCH3 is 1. The molecule has 1 aliphatic heterocycles. The van der Waals surface area contributed by atoms with E-state index in [9.17, 15) is 0 Å².